The third kappa shape index (κ3) is 37.5. The van der Waals surface area contributed by atoms with Gasteiger partial charge in [-0.25, -0.2) is 0 Å². The Balaban J connectivity index is 4.35. The van der Waals surface area contributed by atoms with Gasteiger partial charge in [-0.15, -0.1) is 0 Å². The lowest BCUT2D eigenvalue weighted by atomic mass is 10.0. The second kappa shape index (κ2) is 36.2. The van der Waals surface area contributed by atoms with Gasteiger partial charge in [0.1, 0.15) is 13.2 Å². The average Bonchev–Trinajstić information content (AvgIpc) is 3.06. The molecule has 6 heteroatoms. The summed E-state index contributed by atoms with van der Waals surface area (Å²) in [5, 5.41) is 0. The first-order valence-electron chi connectivity index (χ1n) is 21.2. The van der Waals surface area contributed by atoms with Crippen LogP contribution in [0.5, 0.6) is 0 Å². The first-order chi connectivity index (χ1) is 23.7. The first kappa shape index (κ1) is 47.4. The van der Waals surface area contributed by atoms with Crippen LogP contribution in [0.3, 0.4) is 0 Å². The largest absolute Gasteiger partial charge is 0.462 e. The van der Waals surface area contributed by atoms with Gasteiger partial charge in [-0.05, 0) is 31.1 Å². The molecule has 0 aliphatic rings. The molecule has 0 aliphatic carbocycles. The first-order valence-corrected chi connectivity index (χ1v) is 21.2. The molecule has 6 nitrogen and oxygen atoms in total. The van der Waals surface area contributed by atoms with Gasteiger partial charge in [0.2, 0.25) is 0 Å². The fourth-order valence-electron chi connectivity index (χ4n) is 6.22. The van der Waals surface area contributed by atoms with E-state index in [1.54, 1.807) is 0 Å². The van der Waals surface area contributed by atoms with Crippen LogP contribution in [0, 0.1) is 11.8 Å². The van der Waals surface area contributed by atoms with Crippen LogP contribution in [0.4, 0.5) is 0 Å². The number of esters is 3. The molecule has 0 aliphatic heterocycles. The van der Waals surface area contributed by atoms with Crippen LogP contribution in [0.15, 0.2) is 0 Å². The van der Waals surface area contributed by atoms with E-state index in [4.69, 9.17) is 14.2 Å². The third-order valence-electron chi connectivity index (χ3n) is 9.47. The monoisotopic (exact) mass is 695 g/mol. The maximum absolute atomic E-state index is 12.6. The molecule has 0 spiro atoms. The van der Waals surface area contributed by atoms with E-state index in [1.807, 2.05) is 0 Å². The summed E-state index contributed by atoms with van der Waals surface area (Å²) in [5.41, 5.74) is 0. The van der Waals surface area contributed by atoms with Crippen LogP contribution in [0.2, 0.25) is 0 Å². The van der Waals surface area contributed by atoms with Crippen molar-refractivity contribution in [3.63, 3.8) is 0 Å². The molecule has 0 saturated carbocycles. The zero-order valence-electron chi connectivity index (χ0n) is 33.3. The zero-order valence-corrected chi connectivity index (χ0v) is 33.3. The summed E-state index contributed by atoms with van der Waals surface area (Å²) in [4.78, 5) is 37.5. The Labute approximate surface area is 304 Å². The highest BCUT2D eigenvalue weighted by Gasteiger charge is 2.19. The molecule has 49 heavy (non-hydrogen) atoms. The SMILES string of the molecule is CCCCCCCCCCCCC(=O)OC[C@@H](COC(=O)CCCCCCCCC(C)C)OC(=O)CCCCCCCCCCCC(C)C. The second-order valence-corrected chi connectivity index (χ2v) is 15.6. The van der Waals surface area contributed by atoms with Crippen LogP contribution in [0.25, 0.3) is 0 Å². The lowest BCUT2D eigenvalue weighted by molar-refractivity contribution is -0.167. The van der Waals surface area contributed by atoms with E-state index in [0.29, 0.717) is 19.3 Å². The van der Waals surface area contributed by atoms with Gasteiger partial charge in [0.15, 0.2) is 6.10 Å². The Morgan fingerprint density at radius 2 is 0.673 bits per heavy atom. The van der Waals surface area contributed by atoms with Crippen molar-refractivity contribution in [2.75, 3.05) is 13.2 Å². The van der Waals surface area contributed by atoms with Crippen molar-refractivity contribution in [2.45, 2.75) is 233 Å². The van der Waals surface area contributed by atoms with E-state index in [0.717, 1.165) is 69.6 Å². The molecule has 1 atom stereocenters. The molecule has 0 saturated heterocycles. The van der Waals surface area contributed by atoms with Gasteiger partial charge < -0.3 is 14.2 Å². The van der Waals surface area contributed by atoms with E-state index in [2.05, 4.69) is 34.6 Å². The maximum atomic E-state index is 12.6. The van der Waals surface area contributed by atoms with Gasteiger partial charge in [-0.2, -0.15) is 0 Å². The highest BCUT2D eigenvalue weighted by atomic mass is 16.6. The summed E-state index contributed by atoms with van der Waals surface area (Å²) in [6.07, 6.45) is 32.4. The summed E-state index contributed by atoms with van der Waals surface area (Å²) in [6.45, 7) is 11.2. The van der Waals surface area contributed by atoms with Crippen LogP contribution in [0.1, 0.15) is 227 Å². The van der Waals surface area contributed by atoms with Crippen molar-refractivity contribution in [3.8, 4) is 0 Å². The molecule has 0 amide bonds. The smallest absolute Gasteiger partial charge is 0.306 e. The van der Waals surface area contributed by atoms with Crippen molar-refractivity contribution >= 4 is 17.9 Å². The highest BCUT2D eigenvalue weighted by Crippen LogP contribution is 2.16. The Bertz CT molecular complexity index is 749. The molecule has 0 aromatic carbocycles. The van der Waals surface area contributed by atoms with Crippen LogP contribution >= 0.6 is 0 Å². The van der Waals surface area contributed by atoms with Crippen molar-refractivity contribution in [2.24, 2.45) is 11.8 Å². The quantitative estimate of drug-likeness (QED) is 0.0366. The molecular weight excluding hydrogens is 612 g/mol. The van der Waals surface area contributed by atoms with E-state index in [9.17, 15) is 14.4 Å². The molecular formula is C43H82O6. The average molecular weight is 695 g/mol. The molecule has 0 fully saturated rings. The minimum absolute atomic E-state index is 0.0663. The van der Waals surface area contributed by atoms with Crippen LogP contribution in [-0.2, 0) is 28.6 Å². The normalized spacial score (nSPS) is 12.1. The number of ether oxygens (including phenoxy) is 3. The molecule has 0 radical (unpaired) electrons. The molecule has 0 unspecified atom stereocenters. The van der Waals surface area contributed by atoms with Crippen molar-refractivity contribution in [1.82, 2.24) is 0 Å². The Morgan fingerprint density at radius 3 is 1.00 bits per heavy atom. The van der Waals surface area contributed by atoms with Gasteiger partial charge >= 0.3 is 17.9 Å². The number of unbranched alkanes of at least 4 members (excludes halogenated alkanes) is 22. The minimum Gasteiger partial charge on any atom is -0.462 e. The highest BCUT2D eigenvalue weighted by molar-refractivity contribution is 5.71. The molecule has 0 rings (SSSR count). The minimum atomic E-state index is -0.759. The molecule has 290 valence electrons. The molecule has 0 aromatic heterocycles. The fraction of sp³-hybridized carbons (Fsp3) is 0.930. The number of rotatable bonds is 37. The number of hydrogen-bond acceptors (Lipinski definition) is 6. The lowest BCUT2D eigenvalue weighted by Crippen LogP contribution is -2.30. The maximum Gasteiger partial charge on any atom is 0.306 e. The van der Waals surface area contributed by atoms with Gasteiger partial charge in [0, 0.05) is 19.3 Å². The van der Waals surface area contributed by atoms with E-state index in [-0.39, 0.29) is 31.1 Å². The second-order valence-electron chi connectivity index (χ2n) is 15.6. The number of hydrogen-bond donors (Lipinski definition) is 0. The fourth-order valence-corrected chi connectivity index (χ4v) is 6.22. The van der Waals surface area contributed by atoms with Crippen LogP contribution < -0.4 is 0 Å². The third-order valence-corrected chi connectivity index (χ3v) is 9.47. The van der Waals surface area contributed by atoms with Crippen molar-refractivity contribution in [1.29, 1.82) is 0 Å². The van der Waals surface area contributed by atoms with Gasteiger partial charge in [-0.3, -0.25) is 14.4 Å². The van der Waals surface area contributed by atoms with E-state index in [1.165, 1.54) is 116 Å². The van der Waals surface area contributed by atoms with Crippen molar-refractivity contribution in [3.05, 3.63) is 0 Å². The van der Waals surface area contributed by atoms with Gasteiger partial charge in [0.25, 0.3) is 0 Å². The molecule has 0 heterocycles. The van der Waals surface area contributed by atoms with E-state index >= 15 is 0 Å². The standard InChI is InChI=1S/C43H82O6/c1-6-7-8-9-10-11-14-17-23-28-33-41(44)47-36-40(37-48-42(45)34-29-24-20-19-22-27-32-39(4)5)49-43(46)35-30-25-18-15-12-13-16-21-26-31-38(2)3/h38-40H,6-37H2,1-5H3/t40-/m0/s1. The lowest BCUT2D eigenvalue weighted by Gasteiger charge is -2.18. The topological polar surface area (TPSA) is 78.9 Å². The van der Waals surface area contributed by atoms with Crippen LogP contribution in [-0.4, -0.2) is 37.2 Å². The predicted octanol–water partition coefficient (Wildman–Crippen LogP) is 13.0. The molecule has 0 N–H and O–H groups in total. The Morgan fingerprint density at radius 1 is 0.388 bits per heavy atom. The summed E-state index contributed by atoms with van der Waals surface area (Å²) in [6, 6.07) is 0. The summed E-state index contributed by atoms with van der Waals surface area (Å²) in [7, 11) is 0. The number of carbonyl (C=O) groups is 3. The summed E-state index contributed by atoms with van der Waals surface area (Å²) >= 11 is 0. The Hall–Kier alpha value is -1.59. The summed E-state index contributed by atoms with van der Waals surface area (Å²) < 4.78 is 16.6. The van der Waals surface area contributed by atoms with Gasteiger partial charge in [0.05, 0.1) is 0 Å². The van der Waals surface area contributed by atoms with Gasteiger partial charge in [-0.1, -0.05) is 189 Å². The Kier molecular flexibility index (Phi) is 35.0. The molecule has 0 bridgehead atoms. The van der Waals surface area contributed by atoms with Crippen molar-refractivity contribution < 1.29 is 28.6 Å². The molecule has 0 aromatic rings. The zero-order chi connectivity index (χ0) is 36.2. The summed E-state index contributed by atoms with van der Waals surface area (Å²) in [5.74, 6) is 0.701. The predicted molar refractivity (Wildman–Crippen MR) is 206 cm³/mol. The van der Waals surface area contributed by atoms with E-state index < -0.39 is 6.10 Å². The number of carbonyl (C=O) groups excluding carboxylic acids is 3.